The first kappa shape index (κ1) is 22.5. The van der Waals surface area contributed by atoms with Crippen LogP contribution in [0, 0.1) is 0 Å². The van der Waals surface area contributed by atoms with Crippen LogP contribution in [0.1, 0.15) is 6.42 Å². The number of aliphatic hydroxyl groups excluding tert-OH is 4. The van der Waals surface area contributed by atoms with Crippen molar-refractivity contribution in [2.45, 2.75) is 24.9 Å². The Bertz CT molecular complexity index is 235. The van der Waals surface area contributed by atoms with Crippen LogP contribution in [-0.4, -0.2) is 79.1 Å². The van der Waals surface area contributed by atoms with Crippen molar-refractivity contribution in [1.29, 1.82) is 0 Å². The smallest absolute Gasteiger partial charge is 0.177 e. The molecule has 4 N–H and O–H groups in total. The maximum atomic E-state index is 8.45. The Morgan fingerprint density at radius 2 is 1.95 bits per heavy atom. The first-order valence-corrected chi connectivity index (χ1v) is 6.59. The maximum absolute atomic E-state index is 8.45. The van der Waals surface area contributed by atoms with Gasteiger partial charge in [-0.15, -0.1) is 6.58 Å². The maximum Gasteiger partial charge on any atom is 0.177 e. The molecule has 7 heteroatoms. The van der Waals surface area contributed by atoms with E-state index in [2.05, 4.69) is 13.2 Å². The number of methoxy groups -OCH3 is 1. The monoisotopic (exact) mass is 308 g/mol. The third-order valence-corrected chi connectivity index (χ3v) is 2.12. The van der Waals surface area contributed by atoms with Crippen molar-refractivity contribution in [1.82, 2.24) is 0 Å². The van der Waals surface area contributed by atoms with Crippen LogP contribution >= 0.6 is 0 Å². The van der Waals surface area contributed by atoms with Crippen molar-refractivity contribution >= 4 is 0 Å². The second kappa shape index (κ2) is 17.3. The third kappa shape index (κ3) is 15.4. The molecule has 21 heavy (non-hydrogen) atoms. The zero-order valence-corrected chi connectivity index (χ0v) is 12.6. The van der Waals surface area contributed by atoms with Gasteiger partial charge in [-0.2, -0.15) is 0 Å². The molecule has 0 spiro atoms. The summed E-state index contributed by atoms with van der Waals surface area (Å²) in [6.07, 6.45) is 2.42. The summed E-state index contributed by atoms with van der Waals surface area (Å²) in [5.41, 5.74) is 0. The lowest BCUT2D eigenvalue weighted by Gasteiger charge is -2.05. The van der Waals surface area contributed by atoms with Crippen LogP contribution in [0.2, 0.25) is 0 Å². The first-order valence-electron chi connectivity index (χ1n) is 6.59. The summed E-state index contributed by atoms with van der Waals surface area (Å²) in [6, 6.07) is 0. The summed E-state index contributed by atoms with van der Waals surface area (Å²) in [7, 11) is 1.64. The number of hydrogen-bond donors (Lipinski definition) is 4. The van der Waals surface area contributed by atoms with Gasteiger partial charge in [-0.1, -0.05) is 12.7 Å². The second-order valence-corrected chi connectivity index (χ2v) is 3.97. The van der Waals surface area contributed by atoms with E-state index in [9.17, 15) is 0 Å². The third-order valence-electron chi connectivity index (χ3n) is 2.12. The predicted octanol–water partition coefficient (Wildman–Crippen LogP) is -0.553. The summed E-state index contributed by atoms with van der Waals surface area (Å²) < 4.78 is 15.3. The standard InChI is InChI=1S/C7H12O3.C4H10O3.C3H6O/c1-3-7-9-5-6(10-7)4-8-2;5-2-1-4(7)3-6;1-2-3-4/h3,6-7H,1,4-5H2,2H3;4-7H,1-3H2;2,4H,1,3H2. The molecule has 0 aromatic rings. The predicted molar refractivity (Wildman–Crippen MR) is 78.8 cm³/mol. The van der Waals surface area contributed by atoms with E-state index in [1.807, 2.05) is 0 Å². The molecule has 1 saturated heterocycles. The summed E-state index contributed by atoms with van der Waals surface area (Å²) in [6.45, 7) is 7.72. The SMILES string of the molecule is C=CC1OCC(COC)O1.C=CCO.OCCC(O)CO. The Kier molecular flexibility index (Phi) is 18.5. The molecule has 0 aliphatic carbocycles. The van der Waals surface area contributed by atoms with E-state index in [1.54, 1.807) is 13.2 Å². The first-order chi connectivity index (χ1) is 10.1. The number of ether oxygens (including phenoxy) is 3. The van der Waals surface area contributed by atoms with Crippen LogP contribution in [0.15, 0.2) is 25.3 Å². The van der Waals surface area contributed by atoms with Crippen LogP contribution in [0.5, 0.6) is 0 Å². The van der Waals surface area contributed by atoms with E-state index in [-0.39, 0.29) is 38.6 Å². The summed E-state index contributed by atoms with van der Waals surface area (Å²) >= 11 is 0. The molecule has 7 nitrogen and oxygen atoms in total. The highest BCUT2D eigenvalue weighted by atomic mass is 16.7. The Morgan fingerprint density at radius 1 is 1.33 bits per heavy atom. The van der Waals surface area contributed by atoms with Gasteiger partial charge in [-0.05, 0) is 12.5 Å². The lowest BCUT2D eigenvalue weighted by molar-refractivity contribution is -0.0342. The fourth-order valence-electron chi connectivity index (χ4n) is 1.11. The molecule has 3 unspecified atom stereocenters. The molecule has 1 aliphatic rings. The average molecular weight is 308 g/mol. The van der Waals surface area contributed by atoms with Gasteiger partial charge in [0.25, 0.3) is 0 Å². The van der Waals surface area contributed by atoms with Gasteiger partial charge in [0.2, 0.25) is 0 Å². The zero-order chi connectivity index (χ0) is 16.5. The fraction of sp³-hybridized carbons (Fsp3) is 0.714. The normalized spacial score (nSPS) is 21.4. The largest absolute Gasteiger partial charge is 0.396 e. The minimum Gasteiger partial charge on any atom is -0.396 e. The topological polar surface area (TPSA) is 109 Å². The molecule has 1 fully saturated rings. The van der Waals surface area contributed by atoms with Crippen molar-refractivity contribution in [3.05, 3.63) is 25.3 Å². The number of hydrogen-bond acceptors (Lipinski definition) is 7. The molecule has 1 aliphatic heterocycles. The average Bonchev–Trinajstić information content (AvgIpc) is 2.96. The Labute approximate surface area is 126 Å². The second-order valence-electron chi connectivity index (χ2n) is 3.97. The molecule has 0 saturated carbocycles. The minimum absolute atomic E-state index is 0.0677. The highest BCUT2D eigenvalue weighted by Crippen LogP contribution is 2.11. The summed E-state index contributed by atoms with van der Waals surface area (Å²) in [5.74, 6) is 0. The van der Waals surface area contributed by atoms with Crippen LogP contribution in [0.3, 0.4) is 0 Å². The van der Waals surface area contributed by atoms with E-state index in [1.165, 1.54) is 6.08 Å². The molecule has 0 aromatic heterocycles. The van der Waals surface area contributed by atoms with Gasteiger partial charge in [-0.3, -0.25) is 0 Å². The van der Waals surface area contributed by atoms with E-state index >= 15 is 0 Å². The molecule has 1 rings (SSSR count). The van der Waals surface area contributed by atoms with Crippen molar-refractivity contribution in [3.8, 4) is 0 Å². The van der Waals surface area contributed by atoms with E-state index in [4.69, 9.17) is 34.6 Å². The lowest BCUT2D eigenvalue weighted by Crippen LogP contribution is -2.17. The molecule has 0 radical (unpaired) electrons. The highest BCUT2D eigenvalue weighted by molar-refractivity contribution is 4.78. The molecule has 0 bridgehead atoms. The minimum atomic E-state index is -0.745. The Morgan fingerprint density at radius 3 is 2.24 bits per heavy atom. The van der Waals surface area contributed by atoms with Crippen molar-refractivity contribution in [3.63, 3.8) is 0 Å². The molecule has 0 amide bonds. The van der Waals surface area contributed by atoms with E-state index in [0.717, 1.165) is 0 Å². The van der Waals surface area contributed by atoms with Gasteiger partial charge in [0.05, 0.1) is 32.5 Å². The van der Waals surface area contributed by atoms with Gasteiger partial charge in [-0.25, -0.2) is 0 Å². The van der Waals surface area contributed by atoms with Gasteiger partial charge >= 0.3 is 0 Å². The molecular weight excluding hydrogens is 280 g/mol. The molecule has 0 aromatic carbocycles. The van der Waals surface area contributed by atoms with Crippen LogP contribution in [0.4, 0.5) is 0 Å². The van der Waals surface area contributed by atoms with Crippen LogP contribution in [0.25, 0.3) is 0 Å². The van der Waals surface area contributed by atoms with Gasteiger partial charge in [0.15, 0.2) is 6.29 Å². The molecule has 1 heterocycles. The molecule has 3 atom stereocenters. The molecule has 126 valence electrons. The van der Waals surface area contributed by atoms with Crippen molar-refractivity contribution < 1.29 is 34.6 Å². The fourth-order valence-corrected chi connectivity index (χ4v) is 1.11. The number of rotatable bonds is 7. The van der Waals surface area contributed by atoms with Crippen LogP contribution < -0.4 is 0 Å². The van der Waals surface area contributed by atoms with E-state index in [0.29, 0.717) is 13.2 Å². The lowest BCUT2D eigenvalue weighted by atomic mass is 10.3. The quantitative estimate of drug-likeness (QED) is 0.467. The van der Waals surface area contributed by atoms with Crippen LogP contribution in [-0.2, 0) is 14.2 Å². The number of aliphatic hydroxyl groups is 4. The van der Waals surface area contributed by atoms with E-state index < -0.39 is 6.10 Å². The Balaban J connectivity index is 0. The zero-order valence-electron chi connectivity index (χ0n) is 12.6. The summed E-state index contributed by atoms with van der Waals surface area (Å²) in [5, 5.41) is 32.4. The van der Waals surface area contributed by atoms with Crippen molar-refractivity contribution in [2.75, 3.05) is 40.1 Å². The van der Waals surface area contributed by atoms with Gasteiger partial charge in [0, 0.05) is 13.7 Å². The molecular formula is C14H28O7. The van der Waals surface area contributed by atoms with Gasteiger partial charge < -0.3 is 34.6 Å². The highest BCUT2D eigenvalue weighted by Gasteiger charge is 2.22. The van der Waals surface area contributed by atoms with Gasteiger partial charge in [0.1, 0.15) is 6.10 Å². The Hall–Kier alpha value is -0.800. The summed E-state index contributed by atoms with van der Waals surface area (Å²) in [4.78, 5) is 0. The van der Waals surface area contributed by atoms with Crippen molar-refractivity contribution in [2.24, 2.45) is 0 Å².